The Morgan fingerprint density at radius 3 is 2.40 bits per heavy atom. The van der Waals surface area contributed by atoms with Crippen molar-refractivity contribution in [1.29, 1.82) is 0 Å². The van der Waals surface area contributed by atoms with E-state index < -0.39 is 17.5 Å². The van der Waals surface area contributed by atoms with Crippen LogP contribution in [0, 0.1) is 18.6 Å². The third-order valence-electron chi connectivity index (χ3n) is 2.55. The fraction of sp³-hybridized carbons (Fsp3) is 0.0714. The van der Waals surface area contributed by atoms with Gasteiger partial charge in [-0.05, 0) is 52.7 Å². The molecule has 2 nitrogen and oxygen atoms in total. The molecule has 0 aliphatic heterocycles. The Morgan fingerprint density at radius 2 is 1.80 bits per heavy atom. The van der Waals surface area contributed by atoms with Gasteiger partial charge in [-0.15, -0.1) is 0 Å². The molecule has 0 saturated heterocycles. The molecule has 0 aromatic heterocycles. The van der Waals surface area contributed by atoms with E-state index in [4.69, 9.17) is 0 Å². The summed E-state index contributed by atoms with van der Waals surface area (Å²) in [5.41, 5.74) is 1.18. The van der Waals surface area contributed by atoms with Crippen molar-refractivity contribution in [3.63, 3.8) is 0 Å². The normalized spacial score (nSPS) is 10.4. The third-order valence-corrected chi connectivity index (χ3v) is 3.63. The van der Waals surface area contributed by atoms with Crippen molar-refractivity contribution in [2.75, 3.05) is 5.32 Å². The van der Waals surface area contributed by atoms with Crippen LogP contribution in [0.2, 0.25) is 0 Å². The number of carbonyl (C=O) groups is 1. The first-order valence-corrected chi connectivity index (χ1v) is 7.18. The third kappa shape index (κ3) is 3.43. The zero-order chi connectivity index (χ0) is 14.9. The summed E-state index contributed by atoms with van der Waals surface area (Å²) in [4.78, 5) is 12.1. The summed E-state index contributed by atoms with van der Waals surface area (Å²) < 4.78 is 27.5. The van der Waals surface area contributed by atoms with Crippen LogP contribution in [0.3, 0.4) is 0 Å². The van der Waals surface area contributed by atoms with E-state index in [-0.39, 0.29) is 10.2 Å². The molecule has 0 radical (unpaired) electrons. The van der Waals surface area contributed by atoms with E-state index in [9.17, 15) is 13.6 Å². The van der Waals surface area contributed by atoms with E-state index in [0.29, 0.717) is 11.6 Å². The number of anilines is 1. The molecule has 20 heavy (non-hydrogen) atoms. The molecular formula is C14H9Br2F2NO. The topological polar surface area (TPSA) is 29.1 Å². The van der Waals surface area contributed by atoms with E-state index in [1.807, 2.05) is 13.0 Å². The van der Waals surface area contributed by atoms with Crippen molar-refractivity contribution in [2.45, 2.75) is 6.92 Å². The van der Waals surface area contributed by atoms with E-state index in [0.717, 1.165) is 16.1 Å². The maximum atomic E-state index is 13.7. The van der Waals surface area contributed by atoms with Gasteiger partial charge < -0.3 is 5.32 Å². The SMILES string of the molecule is Cc1cc(Br)cc(C(=O)Nc2c(F)cc(F)cc2Br)c1. The van der Waals surface area contributed by atoms with Gasteiger partial charge in [-0.2, -0.15) is 0 Å². The van der Waals surface area contributed by atoms with Crippen LogP contribution in [-0.4, -0.2) is 5.91 Å². The van der Waals surface area contributed by atoms with Gasteiger partial charge in [0.2, 0.25) is 0 Å². The van der Waals surface area contributed by atoms with Crippen LogP contribution < -0.4 is 5.32 Å². The highest BCUT2D eigenvalue weighted by molar-refractivity contribution is 9.10. The maximum Gasteiger partial charge on any atom is 0.255 e. The van der Waals surface area contributed by atoms with Crippen LogP contribution in [0.1, 0.15) is 15.9 Å². The van der Waals surface area contributed by atoms with E-state index in [1.165, 1.54) is 0 Å². The van der Waals surface area contributed by atoms with Crippen LogP contribution in [0.4, 0.5) is 14.5 Å². The van der Waals surface area contributed by atoms with Crippen LogP contribution >= 0.6 is 31.9 Å². The molecule has 0 aliphatic carbocycles. The molecule has 0 atom stereocenters. The molecule has 0 aliphatic rings. The van der Waals surface area contributed by atoms with E-state index in [1.54, 1.807) is 12.1 Å². The van der Waals surface area contributed by atoms with Crippen LogP contribution in [0.5, 0.6) is 0 Å². The van der Waals surface area contributed by atoms with E-state index in [2.05, 4.69) is 37.2 Å². The Bertz CT molecular complexity index is 646. The van der Waals surface area contributed by atoms with Crippen molar-refractivity contribution in [3.8, 4) is 0 Å². The first-order chi connectivity index (χ1) is 9.36. The predicted molar refractivity (Wildman–Crippen MR) is 80.9 cm³/mol. The highest BCUT2D eigenvalue weighted by Crippen LogP contribution is 2.27. The average molecular weight is 405 g/mol. The first-order valence-electron chi connectivity index (χ1n) is 5.60. The number of halogens is 4. The van der Waals surface area contributed by atoms with Crippen molar-refractivity contribution >= 4 is 43.5 Å². The maximum absolute atomic E-state index is 13.7. The highest BCUT2D eigenvalue weighted by atomic mass is 79.9. The molecule has 0 fully saturated rings. The number of hydrogen-bond acceptors (Lipinski definition) is 1. The van der Waals surface area contributed by atoms with Gasteiger partial charge in [-0.25, -0.2) is 8.78 Å². The molecule has 104 valence electrons. The lowest BCUT2D eigenvalue weighted by atomic mass is 10.1. The second kappa shape index (κ2) is 6.01. The Labute approximate surface area is 131 Å². The lowest BCUT2D eigenvalue weighted by molar-refractivity contribution is 0.102. The number of aryl methyl sites for hydroxylation is 1. The first kappa shape index (κ1) is 15.1. The van der Waals surface area contributed by atoms with Crippen molar-refractivity contribution in [2.24, 2.45) is 0 Å². The van der Waals surface area contributed by atoms with Gasteiger partial charge in [0.25, 0.3) is 5.91 Å². The molecule has 2 aromatic rings. The number of carbonyl (C=O) groups excluding carboxylic acids is 1. The van der Waals surface area contributed by atoms with Gasteiger partial charge in [0.15, 0.2) is 5.82 Å². The van der Waals surface area contributed by atoms with Crippen molar-refractivity contribution in [1.82, 2.24) is 0 Å². The van der Waals surface area contributed by atoms with Crippen molar-refractivity contribution in [3.05, 3.63) is 62.0 Å². The summed E-state index contributed by atoms with van der Waals surface area (Å²) >= 11 is 6.32. The Morgan fingerprint density at radius 1 is 1.10 bits per heavy atom. The van der Waals surface area contributed by atoms with Gasteiger partial charge in [-0.3, -0.25) is 4.79 Å². The Balaban J connectivity index is 2.32. The second-order valence-electron chi connectivity index (χ2n) is 4.22. The summed E-state index contributed by atoms with van der Waals surface area (Å²) in [6.07, 6.45) is 0. The van der Waals surface area contributed by atoms with Crippen molar-refractivity contribution < 1.29 is 13.6 Å². The molecule has 1 N–H and O–H groups in total. The minimum atomic E-state index is -0.836. The van der Waals surface area contributed by atoms with Gasteiger partial charge >= 0.3 is 0 Å². The highest BCUT2D eigenvalue weighted by Gasteiger charge is 2.14. The van der Waals surface area contributed by atoms with Gasteiger partial charge in [-0.1, -0.05) is 15.9 Å². The molecule has 1 amide bonds. The lowest BCUT2D eigenvalue weighted by Crippen LogP contribution is -2.14. The van der Waals surface area contributed by atoms with Crippen LogP contribution in [-0.2, 0) is 0 Å². The number of hydrogen-bond donors (Lipinski definition) is 1. The molecule has 6 heteroatoms. The fourth-order valence-electron chi connectivity index (χ4n) is 1.71. The summed E-state index contributed by atoms with van der Waals surface area (Å²) in [7, 11) is 0. The summed E-state index contributed by atoms with van der Waals surface area (Å²) in [5, 5.41) is 2.43. The lowest BCUT2D eigenvalue weighted by Gasteiger charge is -2.09. The van der Waals surface area contributed by atoms with E-state index >= 15 is 0 Å². The molecule has 0 bridgehead atoms. The molecule has 2 rings (SSSR count). The monoisotopic (exact) mass is 403 g/mol. The van der Waals surface area contributed by atoms with Gasteiger partial charge in [0.1, 0.15) is 5.82 Å². The summed E-state index contributed by atoms with van der Waals surface area (Å²) in [5.74, 6) is -2.02. The average Bonchev–Trinajstić information content (AvgIpc) is 2.32. The van der Waals surface area contributed by atoms with Gasteiger partial charge in [0.05, 0.1) is 5.69 Å². The number of rotatable bonds is 2. The molecule has 0 saturated carbocycles. The minimum absolute atomic E-state index is 0.0889. The quantitative estimate of drug-likeness (QED) is 0.745. The second-order valence-corrected chi connectivity index (χ2v) is 5.99. The zero-order valence-corrected chi connectivity index (χ0v) is 13.5. The summed E-state index contributed by atoms with van der Waals surface area (Å²) in [6, 6.07) is 6.95. The molecule has 0 heterocycles. The number of nitrogens with one attached hydrogen (secondary N) is 1. The van der Waals surface area contributed by atoms with Gasteiger partial charge in [0, 0.05) is 20.6 Å². The predicted octanol–water partition coefficient (Wildman–Crippen LogP) is 5.05. The fourth-order valence-corrected chi connectivity index (χ4v) is 2.83. The Hall–Kier alpha value is -1.27. The molecule has 0 spiro atoms. The van der Waals surface area contributed by atoms with Crippen LogP contribution in [0.25, 0.3) is 0 Å². The zero-order valence-electron chi connectivity index (χ0n) is 10.3. The molecule has 2 aromatic carbocycles. The molecule has 0 unspecified atom stereocenters. The standard InChI is InChI=1S/C14H9Br2F2NO/c1-7-2-8(4-9(15)3-7)14(20)19-13-11(16)5-10(17)6-12(13)18/h2-6H,1H3,(H,19,20). The minimum Gasteiger partial charge on any atom is -0.319 e. The number of benzene rings is 2. The smallest absolute Gasteiger partial charge is 0.255 e. The largest absolute Gasteiger partial charge is 0.319 e. The van der Waals surface area contributed by atoms with Crippen LogP contribution in [0.15, 0.2) is 39.3 Å². The summed E-state index contributed by atoms with van der Waals surface area (Å²) in [6.45, 7) is 1.84. The Kier molecular flexibility index (Phi) is 4.55. The number of amides is 1. The molecular weight excluding hydrogens is 396 g/mol.